The number of likely N-dealkylation sites (N-methyl/N-ethyl adjacent to an activating group) is 1. The van der Waals surface area contributed by atoms with E-state index in [1.54, 1.807) is 12.0 Å². The quantitative estimate of drug-likeness (QED) is 0.173. The zero-order chi connectivity index (χ0) is 39.7. The summed E-state index contributed by atoms with van der Waals surface area (Å²) < 4.78 is 54.7. The van der Waals surface area contributed by atoms with Crippen molar-refractivity contribution in [3.63, 3.8) is 0 Å². The number of nitrogens with zero attached hydrogens (tertiary/aromatic N) is 6. The number of benzene rings is 3. The van der Waals surface area contributed by atoms with E-state index in [9.17, 15) is 18.0 Å². The first kappa shape index (κ1) is 41.1. The summed E-state index contributed by atoms with van der Waals surface area (Å²) in [7, 11) is 5.62. The molecule has 6 rings (SSSR count). The molecule has 1 N–H and O–H groups in total. The molecule has 13 nitrogen and oxygen atoms in total. The molecule has 0 saturated carbocycles. The molecular formula is C38H44ClF3N6O7. The summed E-state index contributed by atoms with van der Waals surface area (Å²) >= 11 is 6.78. The highest BCUT2D eigenvalue weighted by Gasteiger charge is 2.38. The standard InChI is InChI=1S/C36H43ClN6O5.C2HF3O2/c1-25(21-40(2)3)48-35-38-30-22-43(31-20-32(47-24-45-4)33(37)28-13-9-8-12-27(28)31)15-14-29(30)34(39-35)41-16-18-42(19-17-41)36(44)46-23-26-10-6-5-7-11-26;3-2(4,5)1(6)7/h5-13,20,25H,14-19,21-24H2,1-4H3;(H,6,7). The molecule has 1 amide bonds. The van der Waals surface area contributed by atoms with Gasteiger partial charge in [-0.2, -0.15) is 23.1 Å². The van der Waals surface area contributed by atoms with Gasteiger partial charge in [-0.3, -0.25) is 0 Å². The molecule has 3 aromatic carbocycles. The van der Waals surface area contributed by atoms with Gasteiger partial charge in [0.15, 0.2) is 6.79 Å². The molecule has 0 aliphatic carbocycles. The SMILES string of the molecule is COCOc1cc(N2CCc3c(nc(OC(C)CN(C)C)nc3N3CCN(C(=O)OCc4ccccc4)CC3)C2)c2ccccc2c1Cl.O=C(O)C(F)(F)F. The number of ether oxygens (including phenoxy) is 4. The molecule has 4 aromatic rings. The largest absolute Gasteiger partial charge is 0.490 e. The highest BCUT2D eigenvalue weighted by atomic mass is 35.5. The van der Waals surface area contributed by atoms with E-state index >= 15 is 0 Å². The van der Waals surface area contributed by atoms with Crippen LogP contribution >= 0.6 is 11.6 Å². The van der Waals surface area contributed by atoms with Crippen molar-refractivity contribution < 1.29 is 46.8 Å². The zero-order valence-electron chi connectivity index (χ0n) is 31.0. The molecule has 296 valence electrons. The summed E-state index contributed by atoms with van der Waals surface area (Å²) in [6.45, 7) is 6.74. The van der Waals surface area contributed by atoms with Crippen LogP contribution in [0.4, 0.5) is 29.5 Å². The molecule has 1 aromatic heterocycles. The lowest BCUT2D eigenvalue weighted by Crippen LogP contribution is -2.49. The second kappa shape index (κ2) is 18.5. The van der Waals surface area contributed by atoms with Crippen molar-refractivity contribution in [2.24, 2.45) is 0 Å². The molecule has 2 aliphatic rings. The number of methoxy groups -OCH3 is 1. The number of halogens is 4. The summed E-state index contributed by atoms with van der Waals surface area (Å²) in [6.07, 6.45) is -4.75. The van der Waals surface area contributed by atoms with E-state index in [0.717, 1.165) is 58.6 Å². The van der Waals surface area contributed by atoms with Crippen LogP contribution < -0.4 is 19.3 Å². The molecule has 2 aliphatic heterocycles. The summed E-state index contributed by atoms with van der Waals surface area (Å²) in [5.41, 5.74) is 4.00. The summed E-state index contributed by atoms with van der Waals surface area (Å²) in [4.78, 5) is 40.1. The first-order chi connectivity index (χ1) is 26.2. The van der Waals surface area contributed by atoms with E-state index in [1.807, 2.05) is 75.6 Å². The number of carbonyl (C=O) groups is 2. The number of anilines is 2. The van der Waals surface area contributed by atoms with Gasteiger partial charge in [-0.1, -0.05) is 66.2 Å². The number of aliphatic carboxylic acids is 1. The van der Waals surface area contributed by atoms with Gasteiger partial charge in [-0.25, -0.2) is 9.59 Å². The number of carbonyl (C=O) groups excluding carboxylic acids is 1. The summed E-state index contributed by atoms with van der Waals surface area (Å²) in [5.74, 6) is -1.32. The van der Waals surface area contributed by atoms with Crippen LogP contribution in [0.5, 0.6) is 11.8 Å². The van der Waals surface area contributed by atoms with Crippen LogP contribution in [0.3, 0.4) is 0 Å². The van der Waals surface area contributed by atoms with Crippen molar-refractivity contribution in [3.05, 3.63) is 82.5 Å². The minimum absolute atomic E-state index is 0.0980. The smallest absolute Gasteiger partial charge is 0.475 e. The second-order valence-corrected chi connectivity index (χ2v) is 13.6. The van der Waals surface area contributed by atoms with Crippen LogP contribution in [0.2, 0.25) is 5.02 Å². The van der Waals surface area contributed by atoms with Crippen molar-refractivity contribution in [1.82, 2.24) is 19.8 Å². The highest BCUT2D eigenvalue weighted by molar-refractivity contribution is 6.37. The molecule has 0 radical (unpaired) electrons. The van der Waals surface area contributed by atoms with Gasteiger partial charge in [-0.15, -0.1) is 0 Å². The van der Waals surface area contributed by atoms with Crippen LogP contribution in [0.25, 0.3) is 10.8 Å². The Bertz CT molecular complexity index is 1930. The van der Waals surface area contributed by atoms with Crippen molar-refractivity contribution in [2.75, 3.05) is 77.1 Å². The number of amides is 1. The van der Waals surface area contributed by atoms with E-state index in [2.05, 4.69) is 20.8 Å². The number of piperazine rings is 1. The van der Waals surface area contributed by atoms with E-state index in [4.69, 9.17) is 50.4 Å². The molecular weight excluding hydrogens is 745 g/mol. The number of aromatic nitrogens is 2. The molecule has 0 spiro atoms. The maximum absolute atomic E-state index is 12.9. The molecule has 17 heteroatoms. The van der Waals surface area contributed by atoms with Crippen LogP contribution in [-0.2, 0) is 33.8 Å². The normalized spacial score (nSPS) is 14.9. The lowest BCUT2D eigenvalue weighted by Gasteiger charge is -2.38. The third kappa shape index (κ3) is 10.8. The van der Waals surface area contributed by atoms with Crippen molar-refractivity contribution in [3.8, 4) is 11.8 Å². The fourth-order valence-electron chi connectivity index (χ4n) is 6.34. The lowest BCUT2D eigenvalue weighted by molar-refractivity contribution is -0.192. The van der Waals surface area contributed by atoms with E-state index in [-0.39, 0.29) is 25.6 Å². The Morgan fingerprint density at radius 1 is 0.964 bits per heavy atom. The van der Waals surface area contributed by atoms with E-state index in [0.29, 0.717) is 49.5 Å². The van der Waals surface area contributed by atoms with Gasteiger partial charge in [0.05, 0.1) is 17.3 Å². The molecule has 1 atom stereocenters. The maximum Gasteiger partial charge on any atom is 0.490 e. The average molecular weight is 789 g/mol. The van der Waals surface area contributed by atoms with E-state index in [1.165, 1.54) is 0 Å². The Hall–Kier alpha value is -5.06. The first-order valence-corrected chi connectivity index (χ1v) is 17.9. The summed E-state index contributed by atoms with van der Waals surface area (Å²) in [6, 6.07) is 20.2. The molecule has 1 unspecified atom stereocenters. The number of hydrogen-bond acceptors (Lipinski definition) is 11. The molecule has 1 saturated heterocycles. The number of rotatable bonds is 11. The highest BCUT2D eigenvalue weighted by Crippen LogP contribution is 2.41. The third-order valence-corrected chi connectivity index (χ3v) is 9.22. The molecule has 0 bridgehead atoms. The lowest BCUT2D eigenvalue weighted by atomic mass is 10.0. The van der Waals surface area contributed by atoms with Crippen LogP contribution in [-0.4, -0.2) is 116 Å². The minimum Gasteiger partial charge on any atom is -0.475 e. The van der Waals surface area contributed by atoms with Gasteiger partial charge in [-0.05, 0) is 33.0 Å². The Kier molecular flexibility index (Phi) is 13.8. The zero-order valence-corrected chi connectivity index (χ0v) is 31.8. The number of carboxylic acids is 1. The average Bonchev–Trinajstić information content (AvgIpc) is 3.16. The topological polar surface area (TPSA) is 130 Å². The number of carboxylic acid groups (broad SMARTS) is 1. The Morgan fingerprint density at radius 3 is 2.25 bits per heavy atom. The molecule has 1 fully saturated rings. The number of hydrogen-bond donors (Lipinski definition) is 1. The van der Waals surface area contributed by atoms with E-state index < -0.39 is 12.1 Å². The van der Waals surface area contributed by atoms with Gasteiger partial charge in [0.1, 0.15) is 24.3 Å². The Balaban J connectivity index is 0.000000757. The fourth-order valence-corrected chi connectivity index (χ4v) is 6.61. The van der Waals surface area contributed by atoms with Crippen molar-refractivity contribution in [2.45, 2.75) is 38.8 Å². The molecule has 3 heterocycles. The van der Waals surface area contributed by atoms with Crippen molar-refractivity contribution >= 4 is 45.9 Å². The Morgan fingerprint density at radius 2 is 1.62 bits per heavy atom. The van der Waals surface area contributed by atoms with Gasteiger partial charge >= 0.3 is 24.2 Å². The predicted molar refractivity (Wildman–Crippen MR) is 201 cm³/mol. The minimum atomic E-state index is -5.08. The monoisotopic (exact) mass is 788 g/mol. The molecule has 55 heavy (non-hydrogen) atoms. The maximum atomic E-state index is 12.9. The van der Waals surface area contributed by atoms with Gasteiger partial charge < -0.3 is 43.7 Å². The van der Waals surface area contributed by atoms with Gasteiger partial charge in [0, 0.05) is 74.5 Å². The van der Waals surface area contributed by atoms with Crippen molar-refractivity contribution in [1.29, 1.82) is 0 Å². The van der Waals surface area contributed by atoms with Gasteiger partial charge in [0.25, 0.3) is 0 Å². The predicted octanol–water partition coefficient (Wildman–Crippen LogP) is 6.25. The Labute approximate surface area is 322 Å². The number of alkyl halides is 3. The second-order valence-electron chi connectivity index (χ2n) is 13.2. The third-order valence-electron chi connectivity index (χ3n) is 8.83. The fraction of sp³-hybridized carbons (Fsp3) is 0.421. The van der Waals surface area contributed by atoms with Crippen LogP contribution in [0.1, 0.15) is 23.7 Å². The van der Waals surface area contributed by atoms with Gasteiger partial charge in [0.2, 0.25) is 0 Å². The van der Waals surface area contributed by atoms with Crippen LogP contribution in [0, 0.1) is 0 Å². The van der Waals surface area contributed by atoms with Crippen LogP contribution in [0.15, 0.2) is 60.7 Å². The summed E-state index contributed by atoms with van der Waals surface area (Å²) in [5, 5.41) is 9.64. The number of fused-ring (bicyclic) bond motifs is 2. The first-order valence-electron chi connectivity index (χ1n) is 17.5.